The van der Waals surface area contributed by atoms with Crippen molar-refractivity contribution in [2.75, 3.05) is 35.8 Å². The molecule has 0 bridgehead atoms. The summed E-state index contributed by atoms with van der Waals surface area (Å²) in [7, 11) is -3.78. The first-order valence-corrected chi connectivity index (χ1v) is 11.1. The maximum atomic E-state index is 12.5. The van der Waals surface area contributed by atoms with Crippen molar-refractivity contribution < 1.29 is 32.2 Å². The molecule has 2 aromatic rings. The lowest BCUT2D eigenvalue weighted by molar-refractivity contribution is -0.114. The second kappa shape index (κ2) is 8.80. The molecule has 30 heavy (non-hydrogen) atoms. The van der Waals surface area contributed by atoms with Crippen molar-refractivity contribution >= 4 is 44.9 Å². The van der Waals surface area contributed by atoms with Crippen LogP contribution in [0.3, 0.4) is 0 Å². The van der Waals surface area contributed by atoms with E-state index >= 15 is 0 Å². The van der Waals surface area contributed by atoms with Crippen molar-refractivity contribution in [3.63, 3.8) is 0 Å². The molecule has 1 amide bonds. The minimum atomic E-state index is -3.78. The van der Waals surface area contributed by atoms with E-state index in [1.807, 2.05) is 0 Å². The van der Waals surface area contributed by atoms with Gasteiger partial charge in [0.25, 0.3) is 0 Å². The van der Waals surface area contributed by atoms with E-state index < -0.39 is 28.4 Å². The summed E-state index contributed by atoms with van der Waals surface area (Å²) in [6.45, 7) is 1.38. The second-order valence-corrected chi connectivity index (χ2v) is 8.58. The molecule has 1 heterocycles. The summed E-state index contributed by atoms with van der Waals surface area (Å²) < 4.78 is 40.9. The highest BCUT2D eigenvalue weighted by molar-refractivity contribution is 7.92. The SMILES string of the molecule is CCOC(=O)c1cc(NC(=O)CN(c2ccc3c(c2)OCO3)S(C)(=O)=O)ccc1Cl. The Labute approximate surface area is 178 Å². The van der Waals surface area contributed by atoms with Crippen LogP contribution in [0.25, 0.3) is 0 Å². The molecule has 3 rings (SSSR count). The average Bonchev–Trinajstić information content (AvgIpc) is 3.14. The van der Waals surface area contributed by atoms with Crippen molar-refractivity contribution in [2.45, 2.75) is 6.92 Å². The molecule has 0 fully saturated rings. The van der Waals surface area contributed by atoms with Crippen molar-refractivity contribution in [1.29, 1.82) is 0 Å². The molecule has 1 N–H and O–H groups in total. The zero-order valence-electron chi connectivity index (χ0n) is 16.2. The average molecular weight is 455 g/mol. The van der Waals surface area contributed by atoms with Gasteiger partial charge in [0.15, 0.2) is 11.5 Å². The molecule has 1 aliphatic heterocycles. The van der Waals surface area contributed by atoms with Crippen molar-refractivity contribution in [3.05, 3.63) is 47.0 Å². The Balaban J connectivity index is 1.79. The number of amides is 1. The first-order chi connectivity index (χ1) is 14.2. The van der Waals surface area contributed by atoms with Crippen LogP contribution in [0.1, 0.15) is 17.3 Å². The minimum Gasteiger partial charge on any atom is -0.462 e. The monoisotopic (exact) mass is 454 g/mol. The molecule has 0 atom stereocenters. The Bertz CT molecular complexity index is 1090. The number of sulfonamides is 1. The van der Waals surface area contributed by atoms with Gasteiger partial charge in [-0.3, -0.25) is 9.10 Å². The van der Waals surface area contributed by atoms with Gasteiger partial charge in [0.2, 0.25) is 22.7 Å². The summed E-state index contributed by atoms with van der Waals surface area (Å²) in [5.74, 6) is -0.366. The van der Waals surface area contributed by atoms with Crippen LogP contribution in [0.2, 0.25) is 5.02 Å². The fraction of sp³-hybridized carbons (Fsp3) is 0.263. The normalized spacial score (nSPS) is 12.4. The van der Waals surface area contributed by atoms with E-state index in [0.29, 0.717) is 11.5 Å². The van der Waals surface area contributed by atoms with Crippen LogP contribution in [-0.4, -0.2) is 46.5 Å². The predicted octanol–water partition coefficient (Wildman–Crippen LogP) is 2.65. The number of carbonyl (C=O) groups is 2. The summed E-state index contributed by atoms with van der Waals surface area (Å²) in [6, 6.07) is 8.87. The molecule has 11 heteroatoms. The zero-order valence-corrected chi connectivity index (χ0v) is 17.7. The smallest absolute Gasteiger partial charge is 0.339 e. The van der Waals surface area contributed by atoms with E-state index in [0.717, 1.165) is 10.6 Å². The molecular formula is C19H19ClN2O7S. The van der Waals surface area contributed by atoms with Gasteiger partial charge in [-0.25, -0.2) is 13.2 Å². The molecular weight excluding hydrogens is 436 g/mol. The number of carbonyl (C=O) groups excluding carboxylic acids is 2. The molecule has 9 nitrogen and oxygen atoms in total. The van der Waals surface area contributed by atoms with Crippen LogP contribution in [0.15, 0.2) is 36.4 Å². The number of hydrogen-bond donors (Lipinski definition) is 1. The van der Waals surface area contributed by atoms with Crippen molar-refractivity contribution in [3.8, 4) is 11.5 Å². The van der Waals surface area contributed by atoms with Gasteiger partial charge in [-0.15, -0.1) is 0 Å². The number of nitrogens with zero attached hydrogens (tertiary/aromatic N) is 1. The molecule has 0 aliphatic carbocycles. The number of halogens is 1. The number of benzene rings is 2. The highest BCUT2D eigenvalue weighted by Gasteiger charge is 2.24. The summed E-state index contributed by atoms with van der Waals surface area (Å²) in [4.78, 5) is 24.5. The van der Waals surface area contributed by atoms with E-state index in [9.17, 15) is 18.0 Å². The van der Waals surface area contributed by atoms with Gasteiger partial charge in [0.1, 0.15) is 6.54 Å². The fourth-order valence-corrected chi connectivity index (χ4v) is 3.78. The Hall–Kier alpha value is -2.98. The number of esters is 1. The van der Waals surface area contributed by atoms with Crippen molar-refractivity contribution in [2.24, 2.45) is 0 Å². The van der Waals surface area contributed by atoms with E-state index in [-0.39, 0.29) is 35.4 Å². The molecule has 0 saturated heterocycles. The standard InChI is InChI=1S/C19H19ClN2O7S/c1-3-27-19(24)14-8-12(4-6-15(14)20)21-18(23)10-22(30(2,25)26)13-5-7-16-17(9-13)29-11-28-16/h4-9H,3,10-11H2,1-2H3,(H,21,23). The Kier molecular flexibility index (Phi) is 6.37. The third kappa shape index (κ3) is 4.95. The lowest BCUT2D eigenvalue weighted by Gasteiger charge is -2.22. The molecule has 0 spiro atoms. The molecule has 0 radical (unpaired) electrons. The maximum absolute atomic E-state index is 12.5. The number of ether oxygens (including phenoxy) is 3. The Morgan fingerprint density at radius 3 is 2.60 bits per heavy atom. The van der Waals surface area contributed by atoms with Crippen LogP contribution < -0.4 is 19.1 Å². The number of hydrogen-bond acceptors (Lipinski definition) is 7. The van der Waals surface area contributed by atoms with Crippen LogP contribution in [0.5, 0.6) is 11.5 Å². The van der Waals surface area contributed by atoms with Gasteiger partial charge in [-0.1, -0.05) is 11.6 Å². The van der Waals surface area contributed by atoms with Gasteiger partial charge >= 0.3 is 5.97 Å². The van der Waals surface area contributed by atoms with Crippen molar-refractivity contribution in [1.82, 2.24) is 0 Å². The van der Waals surface area contributed by atoms with E-state index in [4.69, 9.17) is 25.8 Å². The first-order valence-electron chi connectivity index (χ1n) is 8.83. The third-order valence-electron chi connectivity index (χ3n) is 4.08. The molecule has 0 aromatic heterocycles. The summed E-state index contributed by atoms with van der Waals surface area (Å²) in [5.41, 5.74) is 0.610. The Morgan fingerprint density at radius 2 is 1.90 bits per heavy atom. The highest BCUT2D eigenvalue weighted by Crippen LogP contribution is 2.36. The van der Waals surface area contributed by atoms with E-state index in [2.05, 4.69) is 5.32 Å². The molecule has 0 saturated carbocycles. The van der Waals surface area contributed by atoms with Crippen LogP contribution >= 0.6 is 11.6 Å². The first kappa shape index (κ1) is 21.7. The third-order valence-corrected chi connectivity index (χ3v) is 5.55. The van der Waals surface area contributed by atoms with E-state index in [1.165, 1.54) is 30.3 Å². The van der Waals surface area contributed by atoms with Gasteiger partial charge in [0, 0.05) is 11.8 Å². The maximum Gasteiger partial charge on any atom is 0.339 e. The van der Waals surface area contributed by atoms with E-state index in [1.54, 1.807) is 13.0 Å². The largest absolute Gasteiger partial charge is 0.462 e. The topological polar surface area (TPSA) is 111 Å². The molecule has 1 aliphatic rings. The van der Waals surface area contributed by atoms with Crippen LogP contribution in [0, 0.1) is 0 Å². The highest BCUT2D eigenvalue weighted by atomic mass is 35.5. The predicted molar refractivity (Wildman–Crippen MR) is 111 cm³/mol. The number of anilines is 2. The fourth-order valence-electron chi connectivity index (χ4n) is 2.74. The summed E-state index contributed by atoms with van der Waals surface area (Å²) >= 11 is 6.01. The quantitative estimate of drug-likeness (QED) is 0.640. The zero-order chi connectivity index (χ0) is 21.9. The van der Waals surface area contributed by atoms with Gasteiger partial charge in [-0.05, 0) is 37.3 Å². The number of nitrogens with one attached hydrogen (secondary N) is 1. The van der Waals surface area contributed by atoms with Gasteiger partial charge < -0.3 is 19.5 Å². The summed E-state index contributed by atoms with van der Waals surface area (Å²) in [6.07, 6.45) is 0.992. The minimum absolute atomic E-state index is 0.0392. The molecule has 2 aromatic carbocycles. The van der Waals surface area contributed by atoms with Gasteiger partial charge in [0.05, 0.1) is 29.1 Å². The molecule has 160 valence electrons. The number of rotatable bonds is 7. The second-order valence-electron chi connectivity index (χ2n) is 6.27. The van der Waals surface area contributed by atoms with Gasteiger partial charge in [-0.2, -0.15) is 0 Å². The number of fused-ring (bicyclic) bond motifs is 1. The lowest BCUT2D eigenvalue weighted by Crippen LogP contribution is -2.37. The lowest BCUT2D eigenvalue weighted by atomic mass is 10.2. The summed E-state index contributed by atoms with van der Waals surface area (Å²) in [5, 5.41) is 2.73. The van der Waals surface area contributed by atoms with Crippen LogP contribution in [0.4, 0.5) is 11.4 Å². The van der Waals surface area contributed by atoms with Crippen LogP contribution in [-0.2, 0) is 19.6 Å². The molecule has 0 unspecified atom stereocenters. The Morgan fingerprint density at radius 1 is 1.17 bits per heavy atom.